The summed E-state index contributed by atoms with van der Waals surface area (Å²) in [6, 6.07) is 0. The lowest BCUT2D eigenvalue weighted by molar-refractivity contribution is 0.390. The second-order valence-electron chi connectivity index (χ2n) is 3.46. The van der Waals surface area contributed by atoms with Gasteiger partial charge in [0.15, 0.2) is 0 Å². The number of aryl methyl sites for hydroxylation is 2. The largest absolute Gasteiger partial charge is 0.361 e. The van der Waals surface area contributed by atoms with E-state index in [9.17, 15) is 8.42 Å². The molecule has 1 heterocycles. The van der Waals surface area contributed by atoms with E-state index < -0.39 is 10.0 Å². The Kier molecular flexibility index (Phi) is 3.51. The van der Waals surface area contributed by atoms with E-state index >= 15 is 0 Å². The highest BCUT2D eigenvalue weighted by molar-refractivity contribution is 7.89. The fraction of sp³-hybridized carbons (Fsp3) is 0.667. The summed E-state index contributed by atoms with van der Waals surface area (Å²) < 4.78 is 29.3. The van der Waals surface area contributed by atoms with Gasteiger partial charge in [0.1, 0.15) is 5.76 Å². The predicted molar refractivity (Wildman–Crippen MR) is 56.9 cm³/mol. The van der Waals surface area contributed by atoms with Crippen molar-refractivity contribution in [1.29, 1.82) is 0 Å². The van der Waals surface area contributed by atoms with Gasteiger partial charge in [-0.1, -0.05) is 5.16 Å². The van der Waals surface area contributed by atoms with Crippen LogP contribution in [0.4, 0.5) is 0 Å². The Hall–Kier alpha value is -0.880. The molecule has 0 fully saturated rings. The van der Waals surface area contributed by atoms with E-state index in [1.165, 1.54) is 4.31 Å². The molecule has 0 saturated heterocycles. The minimum atomic E-state index is -3.14. The second-order valence-corrected chi connectivity index (χ2v) is 5.82. The highest BCUT2D eigenvalue weighted by Gasteiger charge is 2.19. The number of aromatic nitrogens is 1. The Morgan fingerprint density at radius 3 is 2.40 bits per heavy atom. The maximum absolute atomic E-state index is 11.5. The van der Waals surface area contributed by atoms with Crippen LogP contribution in [0, 0.1) is 13.8 Å². The summed E-state index contributed by atoms with van der Waals surface area (Å²) in [5.41, 5.74) is 1.58. The van der Waals surface area contributed by atoms with E-state index in [4.69, 9.17) is 4.52 Å². The molecule has 0 aliphatic heterocycles. The van der Waals surface area contributed by atoms with Gasteiger partial charge < -0.3 is 4.52 Å². The first kappa shape index (κ1) is 12.2. The quantitative estimate of drug-likeness (QED) is 0.779. The van der Waals surface area contributed by atoms with Crippen molar-refractivity contribution < 1.29 is 12.9 Å². The molecule has 1 aromatic rings. The Morgan fingerprint density at radius 1 is 1.40 bits per heavy atom. The Balaban J connectivity index is 2.88. The smallest absolute Gasteiger partial charge is 0.213 e. The molecule has 86 valence electrons. The van der Waals surface area contributed by atoms with Gasteiger partial charge in [-0.05, 0) is 20.8 Å². The Bertz CT molecular complexity index is 417. The van der Waals surface area contributed by atoms with E-state index in [2.05, 4.69) is 5.16 Å². The maximum atomic E-state index is 11.5. The third-order valence-corrected chi connectivity index (χ3v) is 4.21. The summed E-state index contributed by atoms with van der Waals surface area (Å²) in [7, 11) is -1.58. The molecule has 0 aliphatic carbocycles. The molecule has 0 N–H and O–H groups in total. The number of nitrogens with zero attached hydrogens (tertiary/aromatic N) is 2. The number of hydrogen-bond donors (Lipinski definition) is 0. The van der Waals surface area contributed by atoms with Crippen molar-refractivity contribution in [2.45, 2.75) is 27.3 Å². The molecular weight excluding hydrogens is 216 g/mol. The Morgan fingerprint density at radius 2 is 2.00 bits per heavy atom. The van der Waals surface area contributed by atoms with Gasteiger partial charge in [-0.25, -0.2) is 12.7 Å². The van der Waals surface area contributed by atoms with Gasteiger partial charge in [0, 0.05) is 19.2 Å². The van der Waals surface area contributed by atoms with Crippen LogP contribution in [0.3, 0.4) is 0 Å². The molecule has 1 aromatic heterocycles. The van der Waals surface area contributed by atoms with E-state index in [1.54, 1.807) is 27.8 Å². The van der Waals surface area contributed by atoms with Crippen molar-refractivity contribution in [3.63, 3.8) is 0 Å². The summed E-state index contributed by atoms with van der Waals surface area (Å²) >= 11 is 0. The van der Waals surface area contributed by atoms with Crippen LogP contribution in [0.2, 0.25) is 0 Å². The lowest BCUT2D eigenvalue weighted by Gasteiger charge is -2.15. The SMILES string of the molecule is CCS(=O)(=O)N(C)Cc1c(C)noc1C. The molecule has 0 radical (unpaired) electrons. The van der Waals surface area contributed by atoms with Crippen LogP contribution in [0.25, 0.3) is 0 Å². The second kappa shape index (κ2) is 4.32. The fourth-order valence-electron chi connectivity index (χ4n) is 1.27. The van der Waals surface area contributed by atoms with Crippen LogP contribution in [-0.4, -0.2) is 30.7 Å². The summed E-state index contributed by atoms with van der Waals surface area (Å²) in [5.74, 6) is 0.776. The van der Waals surface area contributed by atoms with E-state index in [0.717, 1.165) is 11.3 Å². The van der Waals surface area contributed by atoms with E-state index in [1.807, 2.05) is 0 Å². The highest BCUT2D eigenvalue weighted by Crippen LogP contribution is 2.15. The number of sulfonamides is 1. The third-order valence-electron chi connectivity index (χ3n) is 2.40. The zero-order valence-corrected chi connectivity index (χ0v) is 10.3. The standard InChI is InChI=1S/C9H16N2O3S/c1-5-15(12,13)11(4)6-9-7(2)10-14-8(9)3/h5-6H2,1-4H3. The van der Waals surface area contributed by atoms with Gasteiger partial charge in [-0.2, -0.15) is 0 Å². The van der Waals surface area contributed by atoms with Gasteiger partial charge in [0.05, 0.1) is 11.4 Å². The van der Waals surface area contributed by atoms with Crippen molar-refractivity contribution in [3.05, 3.63) is 17.0 Å². The highest BCUT2D eigenvalue weighted by atomic mass is 32.2. The molecule has 0 saturated carbocycles. The van der Waals surface area contributed by atoms with Crippen LogP contribution >= 0.6 is 0 Å². The number of hydrogen-bond acceptors (Lipinski definition) is 4. The maximum Gasteiger partial charge on any atom is 0.213 e. The first-order valence-electron chi connectivity index (χ1n) is 4.74. The van der Waals surface area contributed by atoms with Crippen molar-refractivity contribution in [3.8, 4) is 0 Å². The van der Waals surface area contributed by atoms with Crippen molar-refractivity contribution in [2.75, 3.05) is 12.8 Å². The third kappa shape index (κ3) is 2.57. The van der Waals surface area contributed by atoms with Gasteiger partial charge in [0.2, 0.25) is 10.0 Å². The average Bonchev–Trinajstić information content (AvgIpc) is 2.49. The van der Waals surface area contributed by atoms with Crippen LogP contribution in [0.5, 0.6) is 0 Å². The van der Waals surface area contributed by atoms with Crippen molar-refractivity contribution in [2.24, 2.45) is 0 Å². The molecule has 0 aliphatic rings. The molecule has 15 heavy (non-hydrogen) atoms. The Labute approximate surface area is 90.1 Å². The van der Waals surface area contributed by atoms with Gasteiger partial charge in [0.25, 0.3) is 0 Å². The van der Waals surface area contributed by atoms with E-state index in [-0.39, 0.29) is 5.75 Å². The lowest BCUT2D eigenvalue weighted by atomic mass is 10.2. The molecule has 0 aromatic carbocycles. The summed E-state index contributed by atoms with van der Waals surface area (Å²) in [5, 5.41) is 3.78. The van der Waals surface area contributed by atoms with E-state index in [0.29, 0.717) is 12.3 Å². The van der Waals surface area contributed by atoms with Crippen molar-refractivity contribution >= 4 is 10.0 Å². The van der Waals surface area contributed by atoms with Crippen molar-refractivity contribution in [1.82, 2.24) is 9.46 Å². The number of rotatable bonds is 4. The molecule has 0 bridgehead atoms. The molecule has 0 unspecified atom stereocenters. The zero-order chi connectivity index (χ0) is 11.6. The molecular formula is C9H16N2O3S. The predicted octanol–water partition coefficient (Wildman–Crippen LogP) is 1.07. The van der Waals surface area contributed by atoms with Crippen LogP contribution in [0.1, 0.15) is 23.9 Å². The van der Waals surface area contributed by atoms with Gasteiger partial charge in [-0.15, -0.1) is 0 Å². The monoisotopic (exact) mass is 232 g/mol. The summed E-state index contributed by atoms with van der Waals surface area (Å²) in [6.07, 6.45) is 0. The van der Waals surface area contributed by atoms with Crippen LogP contribution in [-0.2, 0) is 16.6 Å². The molecule has 0 amide bonds. The fourth-order valence-corrected chi connectivity index (χ4v) is 2.04. The lowest BCUT2D eigenvalue weighted by Crippen LogP contribution is -2.28. The van der Waals surface area contributed by atoms with Gasteiger partial charge in [-0.3, -0.25) is 0 Å². The van der Waals surface area contributed by atoms with Crippen LogP contribution in [0.15, 0.2) is 4.52 Å². The molecule has 0 spiro atoms. The molecule has 0 atom stereocenters. The molecule has 6 heteroatoms. The first-order valence-corrected chi connectivity index (χ1v) is 6.35. The summed E-state index contributed by atoms with van der Waals surface area (Å²) in [4.78, 5) is 0. The molecule has 1 rings (SSSR count). The minimum absolute atomic E-state index is 0.104. The minimum Gasteiger partial charge on any atom is -0.361 e. The topological polar surface area (TPSA) is 63.4 Å². The first-order chi connectivity index (χ1) is 6.88. The normalized spacial score (nSPS) is 12.3. The molecule has 5 nitrogen and oxygen atoms in total. The summed E-state index contributed by atoms with van der Waals surface area (Å²) in [6.45, 7) is 5.52. The average molecular weight is 232 g/mol. The zero-order valence-electron chi connectivity index (χ0n) is 9.44. The van der Waals surface area contributed by atoms with Crippen LogP contribution < -0.4 is 0 Å². The van der Waals surface area contributed by atoms with Gasteiger partial charge >= 0.3 is 0 Å².